The summed E-state index contributed by atoms with van der Waals surface area (Å²) in [5.74, 6) is 2.88. The first kappa shape index (κ1) is 30.1. The molecule has 0 aliphatic heterocycles. The van der Waals surface area contributed by atoms with Crippen molar-refractivity contribution in [1.82, 2.24) is 0 Å². The number of hydrogen-bond acceptors (Lipinski definition) is 3. The third-order valence-electron chi connectivity index (χ3n) is 10.3. The SMILES string of the molecule is CCCCCCCC/C=C\CCCCCCCC(=O)Oc1ccc2c(c1)CCC1[C@@H]2CC[C@]2(C)C(=O)CC[C@@H]12. The third-order valence-corrected chi connectivity index (χ3v) is 10.3. The van der Waals surface area contributed by atoms with Gasteiger partial charge in [-0.2, -0.15) is 0 Å². The predicted molar refractivity (Wildman–Crippen MR) is 161 cm³/mol. The van der Waals surface area contributed by atoms with Gasteiger partial charge in [-0.1, -0.05) is 83.4 Å². The fourth-order valence-electron chi connectivity index (χ4n) is 7.92. The molecule has 1 aromatic rings. The van der Waals surface area contributed by atoms with E-state index < -0.39 is 0 Å². The van der Waals surface area contributed by atoms with Crippen LogP contribution in [0.5, 0.6) is 5.75 Å². The maximum Gasteiger partial charge on any atom is 0.311 e. The lowest BCUT2D eigenvalue weighted by Crippen LogP contribution is -2.42. The van der Waals surface area contributed by atoms with Gasteiger partial charge in [0.2, 0.25) is 0 Å². The molecule has 0 spiro atoms. The summed E-state index contributed by atoms with van der Waals surface area (Å²) >= 11 is 0. The topological polar surface area (TPSA) is 43.4 Å². The normalized spacial score (nSPS) is 25.9. The average molecular weight is 535 g/mol. The monoisotopic (exact) mass is 534 g/mol. The van der Waals surface area contributed by atoms with Gasteiger partial charge in [-0.25, -0.2) is 0 Å². The number of benzene rings is 1. The molecule has 1 aromatic carbocycles. The summed E-state index contributed by atoms with van der Waals surface area (Å²) in [6, 6.07) is 6.35. The Morgan fingerprint density at radius 1 is 0.897 bits per heavy atom. The van der Waals surface area contributed by atoms with Crippen LogP contribution in [0.3, 0.4) is 0 Å². The minimum atomic E-state index is -0.0980. The Labute approximate surface area is 238 Å². The van der Waals surface area contributed by atoms with Gasteiger partial charge in [-0.15, -0.1) is 0 Å². The number of carbonyl (C=O) groups excluding carboxylic acids is 2. The van der Waals surface area contributed by atoms with Crippen LogP contribution in [0.25, 0.3) is 0 Å². The summed E-state index contributed by atoms with van der Waals surface area (Å²) in [5.41, 5.74) is 2.73. The van der Waals surface area contributed by atoms with E-state index in [1.165, 1.54) is 81.8 Å². The number of unbranched alkanes of at least 4 members (excludes halogenated alkanes) is 11. The van der Waals surface area contributed by atoms with E-state index in [9.17, 15) is 9.59 Å². The van der Waals surface area contributed by atoms with Crippen molar-refractivity contribution < 1.29 is 14.3 Å². The maximum atomic E-state index is 12.6. The molecule has 0 heterocycles. The number of esters is 1. The summed E-state index contributed by atoms with van der Waals surface area (Å²) in [6.07, 6.45) is 27.8. The molecule has 2 fully saturated rings. The Balaban J connectivity index is 1.08. The molecule has 4 atom stereocenters. The molecule has 3 nitrogen and oxygen atoms in total. The van der Waals surface area contributed by atoms with E-state index in [1.54, 1.807) is 0 Å². The summed E-state index contributed by atoms with van der Waals surface area (Å²) in [5, 5.41) is 0. The number of Topliss-reactive ketones (excluding diaryl/α,β-unsaturated/α-hetero) is 1. The lowest BCUT2D eigenvalue weighted by molar-refractivity contribution is -0.134. The molecular formula is C36H54O3. The van der Waals surface area contributed by atoms with Crippen molar-refractivity contribution in [3.8, 4) is 5.75 Å². The van der Waals surface area contributed by atoms with Crippen LogP contribution >= 0.6 is 0 Å². The van der Waals surface area contributed by atoms with E-state index in [0.717, 1.165) is 51.4 Å². The van der Waals surface area contributed by atoms with Crippen LogP contribution in [0.1, 0.15) is 153 Å². The van der Waals surface area contributed by atoms with Crippen molar-refractivity contribution in [1.29, 1.82) is 0 Å². The number of allylic oxidation sites excluding steroid dienone is 2. The second-order valence-electron chi connectivity index (χ2n) is 13.0. The standard InChI is InChI=1S/C36H54O3/c1-3-4-5-6-7-8-9-10-11-12-13-14-15-16-17-18-35(38)39-29-20-22-30-28(27-29)19-21-32-31(30)25-26-36(2)33(32)23-24-34(36)37/h10-11,20,22,27,31-33H,3-9,12-19,21,23-26H2,1-2H3/b11-10-/t31-,32?,33+,36+/m1/s1. The molecule has 0 N–H and O–H groups in total. The van der Waals surface area contributed by atoms with Crippen LogP contribution in [0.4, 0.5) is 0 Å². The Bertz CT molecular complexity index is 962. The largest absolute Gasteiger partial charge is 0.427 e. The van der Waals surface area contributed by atoms with Gasteiger partial charge >= 0.3 is 5.97 Å². The van der Waals surface area contributed by atoms with Crippen molar-refractivity contribution in [3.05, 3.63) is 41.5 Å². The van der Waals surface area contributed by atoms with Crippen molar-refractivity contribution >= 4 is 11.8 Å². The zero-order valence-corrected chi connectivity index (χ0v) is 25.0. The Kier molecular flexibility index (Phi) is 11.7. The van der Waals surface area contributed by atoms with Crippen LogP contribution in [-0.2, 0) is 16.0 Å². The Morgan fingerprint density at radius 3 is 2.33 bits per heavy atom. The summed E-state index contributed by atoms with van der Waals surface area (Å²) in [7, 11) is 0. The highest BCUT2D eigenvalue weighted by Gasteiger charge is 2.54. The number of rotatable bonds is 16. The summed E-state index contributed by atoms with van der Waals surface area (Å²) in [6.45, 7) is 4.50. The van der Waals surface area contributed by atoms with Gasteiger partial charge in [0.1, 0.15) is 11.5 Å². The number of carbonyl (C=O) groups is 2. The first-order chi connectivity index (χ1) is 19.0. The number of aryl methyl sites for hydroxylation is 1. The van der Waals surface area contributed by atoms with Crippen molar-refractivity contribution in [2.75, 3.05) is 0 Å². The molecule has 216 valence electrons. The maximum absolute atomic E-state index is 12.6. The van der Waals surface area contributed by atoms with Gasteiger partial charge in [-0.3, -0.25) is 9.59 Å². The zero-order chi connectivity index (χ0) is 27.5. The zero-order valence-electron chi connectivity index (χ0n) is 25.0. The molecule has 2 saturated carbocycles. The Hall–Kier alpha value is -1.90. The molecule has 0 radical (unpaired) electrons. The summed E-state index contributed by atoms with van der Waals surface area (Å²) in [4.78, 5) is 25.0. The van der Waals surface area contributed by atoms with E-state index in [2.05, 4.69) is 38.1 Å². The van der Waals surface area contributed by atoms with Crippen molar-refractivity contribution in [2.24, 2.45) is 17.3 Å². The summed E-state index contributed by atoms with van der Waals surface area (Å²) < 4.78 is 5.74. The molecule has 39 heavy (non-hydrogen) atoms. The highest BCUT2D eigenvalue weighted by molar-refractivity contribution is 5.87. The van der Waals surface area contributed by atoms with Gasteiger partial charge < -0.3 is 4.74 Å². The minimum absolute atomic E-state index is 0.0713. The lowest BCUT2D eigenvalue weighted by atomic mass is 9.55. The fraction of sp³-hybridized carbons (Fsp3) is 0.722. The first-order valence-corrected chi connectivity index (χ1v) is 16.5. The number of hydrogen-bond donors (Lipinski definition) is 0. The highest BCUT2D eigenvalue weighted by Crippen LogP contribution is 2.59. The van der Waals surface area contributed by atoms with Crippen LogP contribution in [0.15, 0.2) is 30.4 Å². The van der Waals surface area contributed by atoms with E-state index >= 15 is 0 Å². The van der Waals surface area contributed by atoms with E-state index in [-0.39, 0.29) is 11.4 Å². The predicted octanol–water partition coefficient (Wildman–Crippen LogP) is 10.1. The molecule has 1 unspecified atom stereocenters. The highest BCUT2D eigenvalue weighted by atomic mass is 16.5. The molecule has 3 aliphatic rings. The first-order valence-electron chi connectivity index (χ1n) is 16.5. The number of ketones is 1. The minimum Gasteiger partial charge on any atom is -0.427 e. The molecule has 0 aromatic heterocycles. The van der Waals surface area contributed by atoms with Crippen LogP contribution < -0.4 is 4.74 Å². The molecule has 4 rings (SSSR count). The second-order valence-corrected chi connectivity index (χ2v) is 13.0. The van der Waals surface area contributed by atoms with E-state index in [1.807, 2.05) is 6.07 Å². The Morgan fingerprint density at radius 2 is 1.59 bits per heavy atom. The van der Waals surface area contributed by atoms with E-state index in [0.29, 0.717) is 35.7 Å². The fourth-order valence-corrected chi connectivity index (χ4v) is 7.92. The van der Waals surface area contributed by atoms with Gasteiger partial charge in [0.25, 0.3) is 0 Å². The van der Waals surface area contributed by atoms with Gasteiger partial charge in [-0.05, 0) is 105 Å². The molecule has 0 amide bonds. The van der Waals surface area contributed by atoms with Crippen molar-refractivity contribution in [3.63, 3.8) is 0 Å². The smallest absolute Gasteiger partial charge is 0.311 e. The van der Waals surface area contributed by atoms with Gasteiger partial charge in [0.05, 0.1) is 0 Å². The molecule has 0 saturated heterocycles. The molecule has 3 heteroatoms. The quantitative estimate of drug-likeness (QED) is 0.0917. The molecule has 3 aliphatic carbocycles. The number of fused-ring (bicyclic) bond motifs is 5. The average Bonchev–Trinajstić information content (AvgIpc) is 3.24. The molecule has 0 bridgehead atoms. The van der Waals surface area contributed by atoms with Gasteiger partial charge in [0.15, 0.2) is 0 Å². The van der Waals surface area contributed by atoms with Crippen molar-refractivity contribution in [2.45, 2.75) is 148 Å². The number of ether oxygens (including phenoxy) is 1. The lowest BCUT2D eigenvalue weighted by Gasteiger charge is -2.48. The van der Waals surface area contributed by atoms with E-state index in [4.69, 9.17) is 4.74 Å². The van der Waals surface area contributed by atoms with Crippen LogP contribution in [-0.4, -0.2) is 11.8 Å². The molecular weight excluding hydrogens is 480 g/mol. The van der Waals surface area contributed by atoms with Gasteiger partial charge in [0, 0.05) is 18.3 Å². The van der Waals surface area contributed by atoms with Crippen LogP contribution in [0, 0.1) is 17.3 Å². The third kappa shape index (κ3) is 8.08. The second kappa shape index (κ2) is 15.2. The van der Waals surface area contributed by atoms with Crippen LogP contribution in [0.2, 0.25) is 0 Å².